The largest absolute Gasteiger partial charge is 0.416 e. The van der Waals surface area contributed by atoms with Gasteiger partial charge in [0.1, 0.15) is 11.6 Å². The molecule has 2 aromatic carbocycles. The monoisotopic (exact) mass is 258 g/mol. The van der Waals surface area contributed by atoms with Crippen LogP contribution in [0.4, 0.5) is 22.0 Å². The van der Waals surface area contributed by atoms with E-state index in [1.165, 1.54) is 6.07 Å². The van der Waals surface area contributed by atoms with Crippen molar-refractivity contribution < 1.29 is 22.0 Å². The standard InChI is InChI=1S/C13H7F5/c14-10-4-5-12(15)11(7-10)8-2-1-3-9(6-8)13(16,17)18/h1-7H. The van der Waals surface area contributed by atoms with Crippen LogP contribution in [-0.2, 0) is 6.18 Å². The van der Waals surface area contributed by atoms with Gasteiger partial charge in [-0.05, 0) is 35.9 Å². The van der Waals surface area contributed by atoms with Gasteiger partial charge in [0.25, 0.3) is 0 Å². The molecule has 0 radical (unpaired) electrons. The number of benzene rings is 2. The van der Waals surface area contributed by atoms with Crippen molar-refractivity contribution >= 4 is 0 Å². The molecule has 0 unspecified atom stereocenters. The zero-order valence-corrected chi connectivity index (χ0v) is 8.93. The average Bonchev–Trinajstić information content (AvgIpc) is 2.31. The molecular formula is C13H7F5. The van der Waals surface area contributed by atoms with Crippen LogP contribution in [0.15, 0.2) is 42.5 Å². The van der Waals surface area contributed by atoms with Gasteiger partial charge >= 0.3 is 6.18 Å². The van der Waals surface area contributed by atoms with E-state index >= 15 is 0 Å². The van der Waals surface area contributed by atoms with Gasteiger partial charge in [-0.2, -0.15) is 13.2 Å². The third-order valence-corrected chi connectivity index (χ3v) is 2.43. The molecule has 0 nitrogen and oxygen atoms in total. The molecule has 0 amide bonds. The lowest BCUT2D eigenvalue weighted by atomic mass is 10.0. The molecule has 0 aliphatic heterocycles. The highest BCUT2D eigenvalue weighted by Gasteiger charge is 2.30. The van der Waals surface area contributed by atoms with Crippen molar-refractivity contribution in [3.05, 3.63) is 59.7 Å². The first-order valence-corrected chi connectivity index (χ1v) is 5.00. The number of hydrogen-bond donors (Lipinski definition) is 0. The normalized spacial score (nSPS) is 11.6. The van der Waals surface area contributed by atoms with Gasteiger partial charge < -0.3 is 0 Å². The highest BCUT2D eigenvalue weighted by Crippen LogP contribution is 2.32. The molecule has 0 aliphatic rings. The number of hydrogen-bond acceptors (Lipinski definition) is 0. The Hall–Kier alpha value is -1.91. The Labute approximate surface area is 99.7 Å². The summed E-state index contributed by atoms with van der Waals surface area (Å²) in [4.78, 5) is 0. The molecule has 18 heavy (non-hydrogen) atoms. The molecule has 0 N–H and O–H groups in total. The molecule has 0 fully saturated rings. The van der Waals surface area contributed by atoms with E-state index in [4.69, 9.17) is 0 Å². The van der Waals surface area contributed by atoms with Gasteiger partial charge in [-0.15, -0.1) is 0 Å². The van der Waals surface area contributed by atoms with Crippen LogP contribution in [0.2, 0.25) is 0 Å². The molecule has 0 aromatic heterocycles. The van der Waals surface area contributed by atoms with Gasteiger partial charge in [0, 0.05) is 5.56 Å². The van der Waals surface area contributed by atoms with Crippen molar-refractivity contribution in [2.45, 2.75) is 6.18 Å². The van der Waals surface area contributed by atoms with Crippen LogP contribution in [-0.4, -0.2) is 0 Å². The van der Waals surface area contributed by atoms with Crippen molar-refractivity contribution in [2.75, 3.05) is 0 Å². The summed E-state index contributed by atoms with van der Waals surface area (Å²) >= 11 is 0. The Kier molecular flexibility index (Phi) is 3.07. The second-order valence-corrected chi connectivity index (χ2v) is 3.70. The Morgan fingerprint density at radius 3 is 2.22 bits per heavy atom. The topological polar surface area (TPSA) is 0 Å². The van der Waals surface area contributed by atoms with E-state index in [1.54, 1.807) is 0 Å². The van der Waals surface area contributed by atoms with E-state index in [0.29, 0.717) is 0 Å². The van der Waals surface area contributed by atoms with Gasteiger partial charge in [0.15, 0.2) is 0 Å². The van der Waals surface area contributed by atoms with Crippen LogP contribution in [0, 0.1) is 11.6 Å². The fourth-order valence-corrected chi connectivity index (χ4v) is 1.58. The summed E-state index contributed by atoms with van der Waals surface area (Å²) in [5.41, 5.74) is -1.11. The summed E-state index contributed by atoms with van der Waals surface area (Å²) in [6.45, 7) is 0. The molecule has 0 saturated heterocycles. The molecule has 94 valence electrons. The lowest BCUT2D eigenvalue weighted by Gasteiger charge is -2.09. The highest BCUT2D eigenvalue weighted by molar-refractivity contribution is 5.65. The van der Waals surface area contributed by atoms with Crippen molar-refractivity contribution in [2.24, 2.45) is 0 Å². The number of rotatable bonds is 1. The van der Waals surface area contributed by atoms with Crippen molar-refractivity contribution in [3.63, 3.8) is 0 Å². The average molecular weight is 258 g/mol. The second-order valence-electron chi connectivity index (χ2n) is 3.70. The minimum atomic E-state index is -4.51. The molecule has 0 spiro atoms. The van der Waals surface area contributed by atoms with E-state index in [9.17, 15) is 22.0 Å². The zero-order chi connectivity index (χ0) is 13.3. The van der Waals surface area contributed by atoms with E-state index in [-0.39, 0.29) is 11.1 Å². The summed E-state index contributed by atoms with van der Waals surface area (Å²) in [5, 5.41) is 0. The highest BCUT2D eigenvalue weighted by atomic mass is 19.4. The van der Waals surface area contributed by atoms with Gasteiger partial charge in [0.05, 0.1) is 5.56 Å². The van der Waals surface area contributed by atoms with Gasteiger partial charge in [0.2, 0.25) is 0 Å². The van der Waals surface area contributed by atoms with Crippen LogP contribution in [0.5, 0.6) is 0 Å². The van der Waals surface area contributed by atoms with E-state index in [1.807, 2.05) is 0 Å². The maximum atomic E-state index is 13.4. The minimum absolute atomic E-state index is 0.0122. The van der Waals surface area contributed by atoms with Crippen LogP contribution in [0.1, 0.15) is 5.56 Å². The maximum Gasteiger partial charge on any atom is 0.416 e. The zero-order valence-electron chi connectivity index (χ0n) is 8.93. The lowest BCUT2D eigenvalue weighted by Crippen LogP contribution is -2.04. The Morgan fingerprint density at radius 1 is 0.833 bits per heavy atom. The smallest absolute Gasteiger partial charge is 0.207 e. The van der Waals surface area contributed by atoms with Crippen LogP contribution >= 0.6 is 0 Å². The van der Waals surface area contributed by atoms with Gasteiger partial charge in [-0.3, -0.25) is 0 Å². The molecular weight excluding hydrogens is 251 g/mol. The molecule has 0 bridgehead atoms. The number of alkyl halides is 3. The second kappa shape index (κ2) is 4.40. The van der Waals surface area contributed by atoms with Crippen molar-refractivity contribution in [3.8, 4) is 11.1 Å². The van der Waals surface area contributed by atoms with Crippen molar-refractivity contribution in [1.82, 2.24) is 0 Å². The maximum absolute atomic E-state index is 13.4. The quantitative estimate of drug-likeness (QED) is 0.653. The molecule has 5 heteroatoms. The van der Waals surface area contributed by atoms with E-state index in [0.717, 1.165) is 36.4 Å². The summed E-state index contributed by atoms with van der Waals surface area (Å²) < 4.78 is 63.9. The predicted octanol–water partition coefficient (Wildman–Crippen LogP) is 4.65. The Morgan fingerprint density at radius 2 is 1.56 bits per heavy atom. The summed E-state index contributed by atoms with van der Waals surface area (Å²) in [7, 11) is 0. The first-order chi connectivity index (χ1) is 8.38. The first-order valence-electron chi connectivity index (χ1n) is 5.00. The predicted molar refractivity (Wildman–Crippen MR) is 56.8 cm³/mol. The van der Waals surface area contributed by atoms with Gasteiger partial charge in [-0.1, -0.05) is 12.1 Å². The Bertz CT molecular complexity index is 572. The van der Waals surface area contributed by atoms with Crippen LogP contribution in [0.3, 0.4) is 0 Å². The summed E-state index contributed by atoms with van der Waals surface area (Å²) in [6.07, 6.45) is -4.51. The molecule has 0 atom stereocenters. The first kappa shape index (κ1) is 12.5. The van der Waals surface area contributed by atoms with E-state index in [2.05, 4.69) is 0 Å². The molecule has 2 aromatic rings. The SMILES string of the molecule is Fc1ccc(F)c(-c2cccc(C(F)(F)F)c2)c1. The molecule has 2 rings (SSSR count). The van der Waals surface area contributed by atoms with Gasteiger partial charge in [-0.25, -0.2) is 8.78 Å². The van der Waals surface area contributed by atoms with E-state index < -0.39 is 23.4 Å². The van der Waals surface area contributed by atoms with Crippen molar-refractivity contribution in [1.29, 1.82) is 0 Å². The van der Waals surface area contributed by atoms with Crippen LogP contribution in [0.25, 0.3) is 11.1 Å². The number of halogens is 5. The summed E-state index contributed by atoms with van der Waals surface area (Å²) in [5.74, 6) is -1.47. The minimum Gasteiger partial charge on any atom is -0.207 e. The van der Waals surface area contributed by atoms with Crippen LogP contribution < -0.4 is 0 Å². The lowest BCUT2D eigenvalue weighted by molar-refractivity contribution is -0.137. The fourth-order valence-electron chi connectivity index (χ4n) is 1.58. The molecule has 0 saturated carbocycles. The third kappa shape index (κ3) is 2.50. The fraction of sp³-hybridized carbons (Fsp3) is 0.0769. The summed E-state index contributed by atoms with van der Waals surface area (Å²) in [6, 6.07) is 6.77. The molecule has 0 heterocycles. The Balaban J connectivity index is 2.55. The molecule has 0 aliphatic carbocycles. The third-order valence-electron chi connectivity index (χ3n) is 2.43.